The maximum atomic E-state index is 13.6. The van der Waals surface area contributed by atoms with Gasteiger partial charge in [-0.15, -0.1) is 0 Å². The fourth-order valence-corrected chi connectivity index (χ4v) is 5.93. The second kappa shape index (κ2) is 12.5. The summed E-state index contributed by atoms with van der Waals surface area (Å²) in [7, 11) is 1.83. The quantitative estimate of drug-likeness (QED) is 0.195. The van der Waals surface area contributed by atoms with Crippen molar-refractivity contribution in [2.75, 3.05) is 17.2 Å². The molecule has 1 aliphatic rings. The van der Waals surface area contributed by atoms with Gasteiger partial charge in [0.25, 0.3) is 5.91 Å². The fourth-order valence-electron chi connectivity index (χ4n) is 5.93. The monoisotopic (exact) mass is 633 g/mol. The van der Waals surface area contributed by atoms with Crippen molar-refractivity contribution in [1.29, 1.82) is 0 Å². The summed E-state index contributed by atoms with van der Waals surface area (Å²) in [6.45, 7) is 10.3. The number of nitrogens with one attached hydrogen (secondary N) is 2. The number of imidazole rings is 1. The molecule has 3 aromatic heterocycles. The third kappa shape index (κ3) is 6.39. The van der Waals surface area contributed by atoms with Gasteiger partial charge in [-0.2, -0.15) is 0 Å². The van der Waals surface area contributed by atoms with Crippen molar-refractivity contribution in [3.63, 3.8) is 0 Å². The van der Waals surface area contributed by atoms with E-state index in [0.717, 1.165) is 44.6 Å². The minimum absolute atomic E-state index is 0.0770. The van der Waals surface area contributed by atoms with Crippen molar-refractivity contribution in [3.8, 4) is 11.1 Å². The van der Waals surface area contributed by atoms with Crippen molar-refractivity contribution >= 4 is 40.1 Å². The predicted molar refractivity (Wildman–Crippen MR) is 182 cm³/mol. The third-order valence-electron chi connectivity index (χ3n) is 8.41. The van der Waals surface area contributed by atoms with Crippen LogP contribution in [0.3, 0.4) is 0 Å². The molecule has 0 aliphatic carbocycles. The van der Waals surface area contributed by atoms with Gasteiger partial charge in [-0.3, -0.25) is 9.78 Å². The van der Waals surface area contributed by atoms with E-state index in [4.69, 9.17) is 4.74 Å². The van der Waals surface area contributed by atoms with E-state index < -0.39 is 5.60 Å². The number of carbonyl (C=O) groups excluding carboxylic acids is 2. The number of aliphatic hydroxyl groups excluding tert-OH is 1. The number of aromatic nitrogens is 4. The number of amides is 2. The number of aliphatic hydroxyl groups is 1. The van der Waals surface area contributed by atoms with Crippen LogP contribution in [-0.4, -0.2) is 53.7 Å². The number of nitrogens with zero attached hydrogens (tertiary/aromatic N) is 5. The van der Waals surface area contributed by atoms with Gasteiger partial charge in [-0.25, -0.2) is 14.8 Å². The molecule has 6 rings (SSSR count). The van der Waals surface area contributed by atoms with E-state index >= 15 is 0 Å². The number of rotatable bonds is 6. The van der Waals surface area contributed by atoms with Crippen molar-refractivity contribution in [3.05, 3.63) is 94.8 Å². The molecule has 11 heteroatoms. The third-order valence-corrected chi connectivity index (χ3v) is 8.41. The van der Waals surface area contributed by atoms with E-state index in [1.165, 1.54) is 0 Å². The van der Waals surface area contributed by atoms with Crippen LogP contribution in [-0.2, 0) is 31.4 Å². The van der Waals surface area contributed by atoms with Gasteiger partial charge in [0.2, 0.25) is 0 Å². The Hall–Kier alpha value is -5.29. The first kappa shape index (κ1) is 31.7. The Morgan fingerprint density at radius 2 is 1.70 bits per heavy atom. The molecule has 0 radical (unpaired) electrons. The van der Waals surface area contributed by atoms with Crippen LogP contribution in [0.5, 0.6) is 0 Å². The van der Waals surface area contributed by atoms with Crippen LogP contribution in [0.15, 0.2) is 60.9 Å². The Balaban J connectivity index is 1.23. The Morgan fingerprint density at radius 1 is 1.00 bits per heavy atom. The van der Waals surface area contributed by atoms with Crippen LogP contribution in [0.1, 0.15) is 59.5 Å². The molecule has 4 heterocycles. The standard InChI is InChI=1S/C36H39N7O4/c1-21-25(9-7-11-27(21)39-32-31-24(13-15-37-32)17-23(20-44)18-38-31)26-10-8-12-28(22(26)2)41-34(45)33-40-29-19-43(16-14-30(29)42(33)6)35(46)47-36(3,4)5/h7-13,15,17-18,44H,14,16,19-20H2,1-6H3,(H,37,39)(H,41,45). The summed E-state index contributed by atoms with van der Waals surface area (Å²) >= 11 is 0. The lowest BCUT2D eigenvalue weighted by molar-refractivity contribution is 0.0220. The number of anilines is 3. The molecule has 242 valence electrons. The molecular formula is C36H39N7O4. The van der Waals surface area contributed by atoms with Gasteiger partial charge in [0.1, 0.15) is 11.1 Å². The van der Waals surface area contributed by atoms with Gasteiger partial charge >= 0.3 is 6.09 Å². The second-order valence-electron chi connectivity index (χ2n) is 12.8. The van der Waals surface area contributed by atoms with Gasteiger partial charge in [0.05, 0.1) is 18.8 Å². The normalized spacial score (nSPS) is 13.0. The van der Waals surface area contributed by atoms with Gasteiger partial charge in [0, 0.05) is 54.9 Å². The second-order valence-corrected chi connectivity index (χ2v) is 12.8. The highest BCUT2D eigenvalue weighted by Crippen LogP contribution is 2.35. The van der Waals surface area contributed by atoms with E-state index in [9.17, 15) is 14.7 Å². The Labute approximate surface area is 273 Å². The van der Waals surface area contributed by atoms with Gasteiger partial charge in [-0.05, 0) is 86.7 Å². The van der Waals surface area contributed by atoms with Crippen LogP contribution < -0.4 is 10.6 Å². The molecular weight excluding hydrogens is 594 g/mol. The number of ether oxygens (including phenoxy) is 1. The summed E-state index contributed by atoms with van der Waals surface area (Å²) in [5.41, 5.74) is 7.97. The number of benzene rings is 2. The van der Waals surface area contributed by atoms with Crippen molar-refractivity contribution in [1.82, 2.24) is 24.4 Å². The van der Waals surface area contributed by atoms with E-state index in [0.29, 0.717) is 35.7 Å². The van der Waals surface area contributed by atoms with Crippen LogP contribution in [0.25, 0.3) is 22.0 Å². The predicted octanol–water partition coefficient (Wildman–Crippen LogP) is 6.43. The molecule has 0 saturated heterocycles. The summed E-state index contributed by atoms with van der Waals surface area (Å²) in [5.74, 6) is 0.587. The van der Waals surface area contributed by atoms with Crippen molar-refractivity contribution in [2.45, 2.75) is 59.8 Å². The van der Waals surface area contributed by atoms with E-state index in [-0.39, 0.29) is 31.0 Å². The average Bonchev–Trinajstić information content (AvgIpc) is 3.38. The summed E-state index contributed by atoms with van der Waals surface area (Å²) in [5, 5.41) is 16.9. The zero-order valence-corrected chi connectivity index (χ0v) is 27.5. The molecule has 0 atom stereocenters. The highest BCUT2D eigenvalue weighted by atomic mass is 16.6. The van der Waals surface area contributed by atoms with Crippen molar-refractivity contribution < 1.29 is 19.4 Å². The lowest BCUT2D eigenvalue weighted by Crippen LogP contribution is -2.40. The first-order valence-electron chi connectivity index (χ1n) is 15.6. The zero-order chi connectivity index (χ0) is 33.5. The molecule has 0 spiro atoms. The molecule has 3 N–H and O–H groups in total. The van der Waals surface area contributed by atoms with E-state index in [1.54, 1.807) is 17.3 Å². The molecule has 0 saturated carbocycles. The smallest absolute Gasteiger partial charge is 0.410 e. The first-order chi connectivity index (χ1) is 22.4. The average molecular weight is 634 g/mol. The SMILES string of the molecule is Cc1c(NC(=O)c2nc3c(n2C)CCN(C(=O)OC(C)(C)C)C3)cccc1-c1cccc(Nc2nccc3cc(CO)cnc23)c1C. The molecule has 1 aliphatic heterocycles. The van der Waals surface area contributed by atoms with Crippen LogP contribution >= 0.6 is 0 Å². The molecule has 5 aromatic rings. The minimum atomic E-state index is -0.591. The Bertz CT molecular complexity index is 2010. The van der Waals surface area contributed by atoms with E-state index in [1.807, 2.05) is 88.7 Å². The van der Waals surface area contributed by atoms with Gasteiger partial charge in [-0.1, -0.05) is 24.3 Å². The minimum Gasteiger partial charge on any atom is -0.444 e. The van der Waals surface area contributed by atoms with E-state index in [2.05, 4.69) is 31.7 Å². The summed E-state index contributed by atoms with van der Waals surface area (Å²) in [6.07, 6.45) is 3.57. The number of hydrogen-bond acceptors (Lipinski definition) is 8. The fraction of sp³-hybridized carbons (Fsp3) is 0.306. The molecule has 0 fully saturated rings. The highest BCUT2D eigenvalue weighted by Gasteiger charge is 2.30. The number of pyridine rings is 2. The molecule has 47 heavy (non-hydrogen) atoms. The number of fused-ring (bicyclic) bond motifs is 2. The van der Waals surface area contributed by atoms with Gasteiger partial charge < -0.3 is 29.9 Å². The first-order valence-corrected chi connectivity index (χ1v) is 15.6. The highest BCUT2D eigenvalue weighted by molar-refractivity contribution is 6.03. The lowest BCUT2D eigenvalue weighted by Gasteiger charge is -2.29. The Kier molecular flexibility index (Phi) is 8.42. The van der Waals surface area contributed by atoms with Crippen LogP contribution in [0, 0.1) is 13.8 Å². The molecule has 2 amide bonds. The van der Waals surface area contributed by atoms with Crippen LogP contribution in [0.2, 0.25) is 0 Å². The zero-order valence-electron chi connectivity index (χ0n) is 27.5. The maximum absolute atomic E-state index is 13.6. The van der Waals surface area contributed by atoms with Crippen LogP contribution in [0.4, 0.5) is 22.0 Å². The summed E-state index contributed by atoms with van der Waals surface area (Å²) in [6, 6.07) is 15.7. The molecule has 11 nitrogen and oxygen atoms in total. The lowest BCUT2D eigenvalue weighted by atomic mass is 9.94. The number of hydrogen-bond donors (Lipinski definition) is 3. The molecule has 0 bridgehead atoms. The summed E-state index contributed by atoms with van der Waals surface area (Å²) < 4.78 is 7.36. The number of carbonyl (C=O) groups is 2. The molecule has 2 aromatic carbocycles. The molecule has 0 unspecified atom stereocenters. The topological polar surface area (TPSA) is 134 Å². The van der Waals surface area contributed by atoms with Crippen molar-refractivity contribution in [2.24, 2.45) is 7.05 Å². The van der Waals surface area contributed by atoms with Gasteiger partial charge in [0.15, 0.2) is 11.6 Å². The Morgan fingerprint density at radius 3 is 2.40 bits per heavy atom. The largest absolute Gasteiger partial charge is 0.444 e. The summed E-state index contributed by atoms with van der Waals surface area (Å²) in [4.78, 5) is 41.6. The maximum Gasteiger partial charge on any atom is 0.410 e.